The maximum absolute atomic E-state index is 12.8. The highest BCUT2D eigenvalue weighted by Crippen LogP contribution is 2.40. The molecule has 0 unspecified atom stereocenters. The van der Waals surface area contributed by atoms with E-state index in [4.69, 9.17) is 11.6 Å². The number of H-pyrrole nitrogens is 1. The van der Waals surface area contributed by atoms with Crippen LogP contribution in [0.2, 0.25) is 5.02 Å². The van der Waals surface area contributed by atoms with Crippen LogP contribution >= 0.6 is 11.6 Å². The Hall–Kier alpha value is -3.45. The number of aromatic nitrogens is 5. The summed E-state index contributed by atoms with van der Waals surface area (Å²) in [5.74, 6) is 1.57. The van der Waals surface area contributed by atoms with E-state index in [1.54, 1.807) is 23.1 Å². The fourth-order valence-electron chi connectivity index (χ4n) is 3.18. The molecule has 4 aromatic rings. The number of nitrogens with zero attached hydrogens (tertiary/aromatic N) is 4. The Bertz CT molecular complexity index is 1180. The van der Waals surface area contributed by atoms with E-state index < -0.39 is 0 Å². The van der Waals surface area contributed by atoms with Gasteiger partial charge in [0.1, 0.15) is 11.6 Å². The van der Waals surface area contributed by atoms with Crippen molar-refractivity contribution in [2.45, 2.75) is 18.8 Å². The largest absolute Gasteiger partial charge is 0.345 e. The zero-order valence-electron chi connectivity index (χ0n) is 15.3. The van der Waals surface area contributed by atoms with E-state index in [1.807, 2.05) is 42.5 Å². The van der Waals surface area contributed by atoms with Crippen LogP contribution in [0.4, 0.5) is 5.69 Å². The SMILES string of the molecule is O=C(Nc1cccc(-c2ncc[nH]2)c1)c1nc(C2CC2)n(-c2ccccc2Cl)n1. The number of benzene rings is 2. The fraction of sp³-hybridized carbons (Fsp3) is 0.143. The zero-order valence-corrected chi connectivity index (χ0v) is 16.1. The maximum atomic E-state index is 12.8. The molecule has 0 aliphatic heterocycles. The average Bonchev–Trinajstić information content (AvgIpc) is 3.25. The topological polar surface area (TPSA) is 88.5 Å². The molecular formula is C21H17ClN6O. The molecule has 2 N–H and O–H groups in total. The van der Waals surface area contributed by atoms with Crippen LogP contribution in [0.3, 0.4) is 0 Å². The van der Waals surface area contributed by atoms with E-state index in [2.05, 4.69) is 25.4 Å². The molecule has 2 aromatic heterocycles. The van der Waals surface area contributed by atoms with Gasteiger partial charge in [-0.2, -0.15) is 0 Å². The summed E-state index contributed by atoms with van der Waals surface area (Å²) in [4.78, 5) is 24.6. The number of imidazole rings is 1. The zero-order chi connectivity index (χ0) is 19.8. The Balaban J connectivity index is 1.44. The second-order valence-electron chi connectivity index (χ2n) is 6.90. The Morgan fingerprint density at radius 1 is 1.17 bits per heavy atom. The van der Waals surface area contributed by atoms with Gasteiger partial charge in [0, 0.05) is 29.6 Å². The van der Waals surface area contributed by atoms with E-state index >= 15 is 0 Å². The van der Waals surface area contributed by atoms with E-state index in [0.717, 1.165) is 35.7 Å². The third-order valence-electron chi connectivity index (χ3n) is 4.75. The number of carbonyl (C=O) groups excluding carboxylic acids is 1. The minimum atomic E-state index is -0.366. The molecule has 5 rings (SSSR count). The summed E-state index contributed by atoms with van der Waals surface area (Å²) in [6.07, 6.45) is 5.52. The van der Waals surface area contributed by atoms with Crippen LogP contribution in [0.1, 0.15) is 35.2 Å². The Kier molecular flexibility index (Phi) is 4.37. The van der Waals surface area contributed by atoms with Gasteiger partial charge in [0.25, 0.3) is 5.91 Å². The summed E-state index contributed by atoms with van der Waals surface area (Å²) in [5.41, 5.74) is 2.24. The molecule has 1 amide bonds. The molecule has 1 fully saturated rings. The van der Waals surface area contributed by atoms with Crippen LogP contribution in [0.25, 0.3) is 17.1 Å². The van der Waals surface area contributed by atoms with Crippen molar-refractivity contribution in [2.75, 3.05) is 5.32 Å². The molecule has 0 spiro atoms. The Morgan fingerprint density at radius 2 is 2.03 bits per heavy atom. The van der Waals surface area contributed by atoms with Gasteiger partial charge in [-0.3, -0.25) is 4.79 Å². The second-order valence-corrected chi connectivity index (χ2v) is 7.31. The lowest BCUT2D eigenvalue weighted by molar-refractivity contribution is 0.101. The smallest absolute Gasteiger partial charge is 0.295 e. The van der Waals surface area contributed by atoms with Gasteiger partial charge in [-0.1, -0.05) is 35.9 Å². The first-order chi connectivity index (χ1) is 14.2. The first-order valence-corrected chi connectivity index (χ1v) is 9.70. The molecule has 7 nitrogen and oxygen atoms in total. The molecule has 0 bridgehead atoms. The molecule has 0 saturated heterocycles. The van der Waals surface area contributed by atoms with Crippen LogP contribution < -0.4 is 5.32 Å². The van der Waals surface area contributed by atoms with Crippen LogP contribution in [0.15, 0.2) is 60.9 Å². The van der Waals surface area contributed by atoms with Gasteiger partial charge in [0.15, 0.2) is 0 Å². The van der Waals surface area contributed by atoms with Crippen molar-refractivity contribution in [3.05, 3.63) is 77.6 Å². The summed E-state index contributed by atoms with van der Waals surface area (Å²) in [6.45, 7) is 0. The van der Waals surface area contributed by atoms with E-state index in [1.165, 1.54) is 0 Å². The number of aromatic amines is 1. The number of para-hydroxylation sites is 1. The number of carbonyl (C=O) groups is 1. The van der Waals surface area contributed by atoms with Crippen molar-refractivity contribution in [1.29, 1.82) is 0 Å². The average molecular weight is 405 g/mol. The minimum Gasteiger partial charge on any atom is -0.345 e. The highest BCUT2D eigenvalue weighted by Gasteiger charge is 2.32. The van der Waals surface area contributed by atoms with E-state index in [0.29, 0.717) is 16.6 Å². The van der Waals surface area contributed by atoms with Crippen LogP contribution in [0.5, 0.6) is 0 Å². The Labute approximate surface area is 171 Å². The molecule has 2 aromatic carbocycles. The molecule has 2 heterocycles. The molecule has 8 heteroatoms. The van der Waals surface area contributed by atoms with Crippen molar-refractivity contribution >= 4 is 23.2 Å². The third kappa shape index (κ3) is 3.52. The maximum Gasteiger partial charge on any atom is 0.295 e. The molecule has 0 radical (unpaired) electrons. The predicted molar refractivity (Wildman–Crippen MR) is 110 cm³/mol. The standard InChI is InChI=1S/C21H17ClN6O/c22-16-6-1-2-7-17(16)28-20(13-8-9-13)26-19(27-28)21(29)25-15-5-3-4-14(12-15)18-23-10-11-24-18/h1-7,10-13H,8-9H2,(H,23,24)(H,25,29). The summed E-state index contributed by atoms with van der Waals surface area (Å²) in [6, 6.07) is 14.9. The lowest BCUT2D eigenvalue weighted by atomic mass is 10.2. The van der Waals surface area contributed by atoms with Crippen LogP contribution in [-0.2, 0) is 0 Å². The minimum absolute atomic E-state index is 0.121. The highest BCUT2D eigenvalue weighted by molar-refractivity contribution is 6.32. The van der Waals surface area contributed by atoms with Gasteiger partial charge in [-0.05, 0) is 37.1 Å². The summed E-state index contributed by atoms with van der Waals surface area (Å²) >= 11 is 6.34. The molecule has 1 aliphatic rings. The Morgan fingerprint density at radius 3 is 2.79 bits per heavy atom. The predicted octanol–water partition coefficient (Wildman–Crippen LogP) is 4.44. The molecule has 1 aliphatic carbocycles. The second kappa shape index (κ2) is 7.18. The molecular weight excluding hydrogens is 388 g/mol. The quantitative estimate of drug-likeness (QED) is 0.514. The first kappa shape index (κ1) is 17.6. The van der Waals surface area contributed by atoms with Crippen molar-refractivity contribution < 1.29 is 4.79 Å². The third-order valence-corrected chi connectivity index (χ3v) is 5.07. The molecule has 29 heavy (non-hydrogen) atoms. The van der Waals surface area contributed by atoms with E-state index in [9.17, 15) is 4.79 Å². The normalized spacial score (nSPS) is 13.4. The van der Waals surface area contributed by atoms with Gasteiger partial charge in [-0.25, -0.2) is 14.6 Å². The number of halogens is 1. The van der Waals surface area contributed by atoms with Gasteiger partial charge >= 0.3 is 0 Å². The number of anilines is 1. The van der Waals surface area contributed by atoms with Gasteiger partial charge < -0.3 is 10.3 Å². The highest BCUT2D eigenvalue weighted by atomic mass is 35.5. The fourth-order valence-corrected chi connectivity index (χ4v) is 3.40. The van der Waals surface area contributed by atoms with Gasteiger partial charge in [0.05, 0.1) is 10.7 Å². The van der Waals surface area contributed by atoms with Crippen LogP contribution in [0, 0.1) is 0 Å². The summed E-state index contributed by atoms with van der Waals surface area (Å²) < 4.78 is 1.69. The van der Waals surface area contributed by atoms with Crippen molar-refractivity contribution in [3.63, 3.8) is 0 Å². The van der Waals surface area contributed by atoms with E-state index in [-0.39, 0.29) is 11.7 Å². The van der Waals surface area contributed by atoms with Crippen LogP contribution in [-0.4, -0.2) is 30.6 Å². The number of hydrogen-bond acceptors (Lipinski definition) is 4. The first-order valence-electron chi connectivity index (χ1n) is 9.32. The number of hydrogen-bond donors (Lipinski definition) is 2. The molecule has 1 saturated carbocycles. The van der Waals surface area contributed by atoms with Crippen molar-refractivity contribution in [2.24, 2.45) is 0 Å². The number of rotatable bonds is 5. The van der Waals surface area contributed by atoms with Crippen molar-refractivity contribution in [1.82, 2.24) is 24.7 Å². The summed E-state index contributed by atoms with van der Waals surface area (Å²) in [5, 5.41) is 7.90. The monoisotopic (exact) mass is 404 g/mol. The molecule has 0 atom stereocenters. The molecule has 144 valence electrons. The lowest BCUT2D eigenvalue weighted by Gasteiger charge is -2.06. The number of amides is 1. The van der Waals surface area contributed by atoms with Crippen molar-refractivity contribution in [3.8, 4) is 17.1 Å². The summed E-state index contributed by atoms with van der Waals surface area (Å²) in [7, 11) is 0. The van der Waals surface area contributed by atoms with Gasteiger partial charge in [0.2, 0.25) is 5.82 Å². The van der Waals surface area contributed by atoms with Gasteiger partial charge in [-0.15, -0.1) is 5.10 Å². The lowest BCUT2D eigenvalue weighted by Crippen LogP contribution is -2.14. The number of nitrogens with one attached hydrogen (secondary N) is 2.